The number of hydrogen-bond donors (Lipinski definition) is 1. The maximum Gasteiger partial charge on any atom is 0.246 e. The molecule has 2 rings (SSSR count). The Hall–Kier alpha value is -1.88. The molecule has 4 nitrogen and oxygen atoms in total. The Labute approximate surface area is 104 Å². The van der Waals surface area contributed by atoms with E-state index in [1.807, 2.05) is 0 Å². The van der Waals surface area contributed by atoms with Crippen LogP contribution in [-0.4, -0.2) is 42.2 Å². The average molecular weight is 251 g/mol. The first-order chi connectivity index (χ1) is 8.60. The largest absolute Gasteiger partial charge is 0.494 e. The Morgan fingerprint density at radius 3 is 2.89 bits per heavy atom. The van der Waals surface area contributed by atoms with Gasteiger partial charge in [0.05, 0.1) is 13.2 Å². The molecule has 0 saturated carbocycles. The van der Waals surface area contributed by atoms with E-state index in [4.69, 9.17) is 9.84 Å². The lowest BCUT2D eigenvalue weighted by molar-refractivity contribution is -0.135. The van der Waals surface area contributed by atoms with Gasteiger partial charge in [-0.15, -0.1) is 0 Å². The Bertz CT molecular complexity index is 481. The van der Waals surface area contributed by atoms with Crippen molar-refractivity contribution in [2.75, 3.05) is 20.2 Å². The van der Waals surface area contributed by atoms with Gasteiger partial charge in [-0.3, -0.25) is 4.79 Å². The molecule has 0 spiro atoms. The molecule has 1 aliphatic heterocycles. The van der Waals surface area contributed by atoms with E-state index in [-0.39, 0.29) is 11.7 Å². The Balaban J connectivity index is 2.02. The standard InChI is InChI=1S/C13H14FNO3/c1-18-12-6-9(2-4-11(12)14)3-5-13(17)15-7-10(16)8-15/h2-6,10,16H,7-8H2,1H3/b5-3+. The van der Waals surface area contributed by atoms with E-state index in [2.05, 4.69) is 0 Å². The van der Waals surface area contributed by atoms with Gasteiger partial charge in [0, 0.05) is 19.2 Å². The molecule has 1 amide bonds. The highest BCUT2D eigenvalue weighted by atomic mass is 19.1. The predicted octanol–water partition coefficient (Wildman–Crippen LogP) is 1.05. The van der Waals surface area contributed by atoms with E-state index in [1.54, 1.807) is 12.1 Å². The lowest BCUT2D eigenvalue weighted by atomic mass is 10.1. The van der Waals surface area contributed by atoms with E-state index >= 15 is 0 Å². The van der Waals surface area contributed by atoms with Crippen LogP contribution in [0.1, 0.15) is 5.56 Å². The fourth-order valence-corrected chi connectivity index (χ4v) is 1.69. The number of ether oxygens (including phenoxy) is 1. The molecule has 96 valence electrons. The molecule has 5 heteroatoms. The van der Waals surface area contributed by atoms with E-state index in [9.17, 15) is 9.18 Å². The highest BCUT2D eigenvalue weighted by Gasteiger charge is 2.26. The molecule has 1 N–H and O–H groups in total. The van der Waals surface area contributed by atoms with Crippen molar-refractivity contribution in [2.45, 2.75) is 6.10 Å². The number of nitrogens with zero attached hydrogens (tertiary/aromatic N) is 1. The van der Waals surface area contributed by atoms with Crippen molar-refractivity contribution in [3.05, 3.63) is 35.7 Å². The van der Waals surface area contributed by atoms with Crippen LogP contribution in [0.25, 0.3) is 6.08 Å². The number of amides is 1. The molecule has 1 saturated heterocycles. The van der Waals surface area contributed by atoms with Crippen LogP contribution in [0.15, 0.2) is 24.3 Å². The van der Waals surface area contributed by atoms with Gasteiger partial charge in [-0.1, -0.05) is 6.07 Å². The fraction of sp³-hybridized carbons (Fsp3) is 0.308. The number of hydrogen-bond acceptors (Lipinski definition) is 3. The maximum absolute atomic E-state index is 13.2. The molecular weight excluding hydrogens is 237 g/mol. The summed E-state index contributed by atoms with van der Waals surface area (Å²) < 4.78 is 18.0. The first kappa shape index (κ1) is 12.6. The normalized spacial score (nSPS) is 15.8. The zero-order valence-electron chi connectivity index (χ0n) is 9.97. The van der Waals surface area contributed by atoms with Crippen molar-refractivity contribution in [1.82, 2.24) is 4.90 Å². The van der Waals surface area contributed by atoms with Gasteiger partial charge >= 0.3 is 0 Å². The van der Waals surface area contributed by atoms with Gasteiger partial charge in [0.2, 0.25) is 5.91 Å². The highest BCUT2D eigenvalue weighted by Crippen LogP contribution is 2.19. The van der Waals surface area contributed by atoms with Crippen molar-refractivity contribution in [1.29, 1.82) is 0 Å². The van der Waals surface area contributed by atoms with Gasteiger partial charge < -0.3 is 14.7 Å². The van der Waals surface area contributed by atoms with Gasteiger partial charge in [0.1, 0.15) is 0 Å². The summed E-state index contributed by atoms with van der Waals surface area (Å²) in [6, 6.07) is 4.37. The first-order valence-electron chi connectivity index (χ1n) is 5.58. The highest BCUT2D eigenvalue weighted by molar-refractivity contribution is 5.92. The molecule has 0 atom stereocenters. The molecular formula is C13H14FNO3. The van der Waals surface area contributed by atoms with Crippen LogP contribution in [0.2, 0.25) is 0 Å². The van der Waals surface area contributed by atoms with Crippen molar-refractivity contribution in [2.24, 2.45) is 0 Å². The third kappa shape index (κ3) is 2.68. The molecule has 18 heavy (non-hydrogen) atoms. The molecule has 1 heterocycles. The first-order valence-corrected chi connectivity index (χ1v) is 5.58. The zero-order valence-corrected chi connectivity index (χ0v) is 9.97. The van der Waals surface area contributed by atoms with Crippen LogP contribution in [-0.2, 0) is 4.79 Å². The monoisotopic (exact) mass is 251 g/mol. The molecule has 1 aromatic carbocycles. The fourth-order valence-electron chi connectivity index (χ4n) is 1.69. The third-order valence-electron chi connectivity index (χ3n) is 2.77. The summed E-state index contributed by atoms with van der Waals surface area (Å²) in [6.45, 7) is 0.742. The van der Waals surface area contributed by atoms with Gasteiger partial charge in [0.15, 0.2) is 11.6 Å². The second kappa shape index (κ2) is 5.18. The number of rotatable bonds is 3. The SMILES string of the molecule is COc1cc(/C=C/C(=O)N2CC(O)C2)ccc1F. The van der Waals surface area contributed by atoms with E-state index in [0.29, 0.717) is 18.7 Å². The number of carbonyl (C=O) groups excluding carboxylic acids is 1. The van der Waals surface area contributed by atoms with Crippen LogP contribution >= 0.6 is 0 Å². The molecule has 0 aliphatic carbocycles. The maximum atomic E-state index is 13.2. The van der Waals surface area contributed by atoms with Gasteiger partial charge in [-0.25, -0.2) is 4.39 Å². The molecule has 0 unspecified atom stereocenters. The van der Waals surface area contributed by atoms with Crippen LogP contribution in [0.5, 0.6) is 5.75 Å². The lowest BCUT2D eigenvalue weighted by Crippen LogP contribution is -2.52. The summed E-state index contributed by atoms with van der Waals surface area (Å²) in [4.78, 5) is 13.1. The summed E-state index contributed by atoms with van der Waals surface area (Å²) in [5, 5.41) is 9.08. The average Bonchev–Trinajstić information content (AvgIpc) is 2.33. The minimum Gasteiger partial charge on any atom is -0.494 e. The Morgan fingerprint density at radius 2 is 2.28 bits per heavy atom. The summed E-state index contributed by atoms with van der Waals surface area (Å²) >= 11 is 0. The molecule has 1 aromatic rings. The molecule has 0 radical (unpaired) electrons. The van der Waals surface area contributed by atoms with Crippen LogP contribution < -0.4 is 4.74 Å². The summed E-state index contributed by atoms with van der Waals surface area (Å²) in [5.41, 5.74) is 0.683. The van der Waals surface area contributed by atoms with Gasteiger partial charge in [-0.2, -0.15) is 0 Å². The Morgan fingerprint density at radius 1 is 1.56 bits per heavy atom. The minimum absolute atomic E-state index is 0.143. The smallest absolute Gasteiger partial charge is 0.246 e. The quantitative estimate of drug-likeness (QED) is 0.817. The molecule has 1 fully saturated rings. The number of β-amino-alcohol motifs (C(OH)–C–C–N with tert-alkyl or cyclic N) is 1. The van der Waals surface area contributed by atoms with Gasteiger partial charge in [0.25, 0.3) is 0 Å². The van der Waals surface area contributed by atoms with Crippen LogP contribution in [0.3, 0.4) is 0 Å². The number of methoxy groups -OCH3 is 1. The molecule has 1 aliphatic rings. The number of aliphatic hydroxyl groups excluding tert-OH is 1. The summed E-state index contributed by atoms with van der Waals surface area (Å²) in [6.07, 6.45) is 2.58. The minimum atomic E-state index is -0.438. The van der Waals surface area contributed by atoms with E-state index in [1.165, 1.54) is 30.2 Å². The predicted molar refractivity (Wildman–Crippen MR) is 64.6 cm³/mol. The number of carbonyl (C=O) groups is 1. The zero-order chi connectivity index (χ0) is 13.1. The van der Waals surface area contributed by atoms with E-state index in [0.717, 1.165) is 0 Å². The van der Waals surface area contributed by atoms with Crippen molar-refractivity contribution in [3.8, 4) is 5.75 Å². The Kier molecular flexibility index (Phi) is 3.62. The summed E-state index contributed by atoms with van der Waals surface area (Å²) in [7, 11) is 1.39. The van der Waals surface area contributed by atoms with Crippen molar-refractivity contribution >= 4 is 12.0 Å². The number of benzene rings is 1. The lowest BCUT2D eigenvalue weighted by Gasteiger charge is -2.34. The van der Waals surface area contributed by atoms with Crippen LogP contribution in [0.4, 0.5) is 4.39 Å². The van der Waals surface area contributed by atoms with Crippen molar-refractivity contribution < 1.29 is 19.0 Å². The number of aliphatic hydroxyl groups is 1. The van der Waals surface area contributed by atoms with Crippen LogP contribution in [0, 0.1) is 5.82 Å². The molecule has 0 aromatic heterocycles. The van der Waals surface area contributed by atoms with Gasteiger partial charge in [-0.05, 0) is 23.8 Å². The second-order valence-corrected chi connectivity index (χ2v) is 4.12. The second-order valence-electron chi connectivity index (χ2n) is 4.12. The topological polar surface area (TPSA) is 49.8 Å². The van der Waals surface area contributed by atoms with E-state index < -0.39 is 11.9 Å². The number of halogens is 1. The third-order valence-corrected chi connectivity index (χ3v) is 2.77. The van der Waals surface area contributed by atoms with Crippen molar-refractivity contribution in [3.63, 3.8) is 0 Å². The molecule has 0 bridgehead atoms. The summed E-state index contributed by atoms with van der Waals surface area (Å²) in [5.74, 6) is -0.459. The number of likely N-dealkylation sites (tertiary alicyclic amines) is 1.